The van der Waals surface area contributed by atoms with Crippen LogP contribution in [0.3, 0.4) is 0 Å². The lowest BCUT2D eigenvalue weighted by Gasteiger charge is -2.18. The monoisotopic (exact) mass is 415 g/mol. The molecule has 1 aromatic carbocycles. The molecule has 0 bridgehead atoms. The van der Waals surface area contributed by atoms with Gasteiger partial charge in [0, 0.05) is 19.8 Å². The second kappa shape index (κ2) is 8.03. The molecule has 2 amide bonds. The number of anilines is 1. The van der Waals surface area contributed by atoms with Gasteiger partial charge in [0.2, 0.25) is 5.95 Å². The normalized spacial score (nSPS) is 11.3. The molecule has 2 rings (SSSR count). The zero-order chi connectivity index (χ0) is 20.4. The van der Waals surface area contributed by atoms with Crippen LogP contribution in [0.2, 0.25) is 5.02 Å². The first-order valence-electron chi connectivity index (χ1n) is 7.65. The summed E-state index contributed by atoms with van der Waals surface area (Å²) in [5.41, 5.74) is -0.448. The summed E-state index contributed by atoms with van der Waals surface area (Å²) in [5.74, 6) is -1.29. The van der Waals surface area contributed by atoms with Crippen LogP contribution in [0.1, 0.15) is 27.6 Å². The summed E-state index contributed by atoms with van der Waals surface area (Å²) < 4.78 is 25.5. The highest BCUT2D eigenvalue weighted by atomic mass is 35.5. The van der Waals surface area contributed by atoms with E-state index in [1.54, 1.807) is 0 Å². The van der Waals surface area contributed by atoms with Crippen LogP contribution in [-0.2, 0) is 21.2 Å². The van der Waals surface area contributed by atoms with Gasteiger partial charge in [0.25, 0.3) is 11.8 Å². The second-order valence-corrected chi connectivity index (χ2v) is 7.77. The zero-order valence-corrected chi connectivity index (χ0v) is 16.6. The number of aromatic nitrogens is 3. The third kappa shape index (κ3) is 4.26. The Morgan fingerprint density at radius 1 is 1.37 bits per heavy atom. The van der Waals surface area contributed by atoms with Gasteiger partial charge in [-0.05, 0) is 19.1 Å². The van der Waals surface area contributed by atoms with Crippen LogP contribution in [0.4, 0.5) is 5.95 Å². The maximum absolute atomic E-state index is 12.6. The van der Waals surface area contributed by atoms with E-state index in [0.717, 1.165) is 17.4 Å². The topological polar surface area (TPSA) is 123 Å². The Morgan fingerprint density at radius 2 is 2.04 bits per heavy atom. The predicted molar refractivity (Wildman–Crippen MR) is 97.3 cm³/mol. The van der Waals surface area contributed by atoms with E-state index in [1.807, 2.05) is 6.92 Å². The first kappa shape index (κ1) is 20.8. The molecule has 0 aliphatic heterocycles. The molecule has 0 aliphatic carbocycles. The Hall–Kier alpha value is -2.50. The number of rotatable bonds is 6. The van der Waals surface area contributed by atoms with Gasteiger partial charge in [-0.15, -0.1) is 0 Å². The van der Waals surface area contributed by atoms with Gasteiger partial charge >= 0.3 is 0 Å². The number of aryl methyl sites for hydroxylation is 1. The quantitative estimate of drug-likeness (QED) is 0.704. The van der Waals surface area contributed by atoms with Gasteiger partial charge in [0.15, 0.2) is 9.84 Å². The Balaban J connectivity index is 2.56. The van der Waals surface area contributed by atoms with Crippen molar-refractivity contribution in [1.29, 1.82) is 0 Å². The van der Waals surface area contributed by atoms with Gasteiger partial charge in [-0.2, -0.15) is 10.1 Å². The highest BCUT2D eigenvalue weighted by Crippen LogP contribution is 2.29. The molecule has 1 N–H and O–H groups in total. The van der Waals surface area contributed by atoms with Crippen molar-refractivity contribution in [2.75, 3.05) is 25.7 Å². The van der Waals surface area contributed by atoms with Gasteiger partial charge in [0.1, 0.15) is 6.33 Å². The average Bonchev–Trinajstić information content (AvgIpc) is 3.06. The smallest absolute Gasteiger partial charge is 0.280 e. The van der Waals surface area contributed by atoms with Crippen molar-refractivity contribution in [1.82, 2.24) is 19.8 Å². The molecule has 146 valence electrons. The Bertz CT molecular complexity index is 988. The molecule has 0 saturated carbocycles. The van der Waals surface area contributed by atoms with E-state index in [9.17, 15) is 18.0 Å². The summed E-state index contributed by atoms with van der Waals surface area (Å²) in [4.78, 5) is 33.6. The number of hydrogen-bond acceptors (Lipinski definition) is 7. The number of hydroxylamine groups is 2. The number of carbonyl (C=O) groups excluding carboxylic acids is 2. The molecule has 0 unspecified atom stereocenters. The van der Waals surface area contributed by atoms with Crippen molar-refractivity contribution in [3.8, 4) is 0 Å². The molecule has 10 nitrogen and oxygen atoms in total. The van der Waals surface area contributed by atoms with Gasteiger partial charge in [-0.3, -0.25) is 19.7 Å². The number of nitrogens with zero attached hydrogens (tertiary/aromatic N) is 4. The molecule has 1 aromatic heterocycles. The maximum Gasteiger partial charge on any atom is 0.280 e. The molecular weight excluding hydrogens is 398 g/mol. The van der Waals surface area contributed by atoms with Gasteiger partial charge < -0.3 is 0 Å². The molecule has 0 fully saturated rings. The van der Waals surface area contributed by atoms with Crippen LogP contribution in [0, 0.1) is 0 Å². The fourth-order valence-corrected chi connectivity index (χ4v) is 3.51. The fraction of sp³-hybridized carbons (Fsp3) is 0.333. The first-order chi connectivity index (χ1) is 12.6. The molecule has 12 heteroatoms. The molecule has 0 atom stereocenters. The summed E-state index contributed by atoms with van der Waals surface area (Å²) in [5, 5.41) is 6.96. The average molecular weight is 416 g/mol. The number of benzene rings is 1. The Kier molecular flexibility index (Phi) is 6.19. The SMILES string of the molecule is CCn1ncnc1NC(=O)c1ccc(S(C)(=O)=O)c(C(=O)N(C)OC)c1Cl. The number of nitrogens with one attached hydrogen (secondary N) is 1. The van der Waals surface area contributed by atoms with Crippen molar-refractivity contribution in [2.24, 2.45) is 0 Å². The molecule has 2 aromatic rings. The minimum Gasteiger partial charge on any atom is -0.291 e. The summed E-state index contributed by atoms with van der Waals surface area (Å²) in [7, 11) is -1.26. The van der Waals surface area contributed by atoms with Crippen LogP contribution >= 0.6 is 11.6 Å². The van der Waals surface area contributed by atoms with Crippen molar-refractivity contribution in [2.45, 2.75) is 18.4 Å². The minimum atomic E-state index is -3.79. The fourth-order valence-electron chi connectivity index (χ4n) is 2.24. The second-order valence-electron chi connectivity index (χ2n) is 5.41. The van der Waals surface area contributed by atoms with E-state index in [1.165, 1.54) is 31.2 Å². The lowest BCUT2D eigenvalue weighted by Crippen LogP contribution is -2.28. The number of hydrogen-bond donors (Lipinski definition) is 1. The summed E-state index contributed by atoms with van der Waals surface area (Å²) in [6.45, 7) is 2.29. The maximum atomic E-state index is 12.6. The van der Waals surface area contributed by atoms with Crippen LogP contribution in [0.15, 0.2) is 23.4 Å². The molecule has 0 aliphatic rings. The molecule has 0 spiro atoms. The van der Waals surface area contributed by atoms with E-state index in [0.29, 0.717) is 6.54 Å². The summed E-state index contributed by atoms with van der Waals surface area (Å²) >= 11 is 6.25. The third-order valence-corrected chi connectivity index (χ3v) is 5.19. The van der Waals surface area contributed by atoms with Gasteiger partial charge in [-0.1, -0.05) is 11.6 Å². The highest BCUT2D eigenvalue weighted by Gasteiger charge is 2.28. The van der Waals surface area contributed by atoms with Crippen molar-refractivity contribution in [3.05, 3.63) is 34.6 Å². The number of halogens is 1. The van der Waals surface area contributed by atoms with E-state index >= 15 is 0 Å². The minimum absolute atomic E-state index is 0.0948. The largest absolute Gasteiger partial charge is 0.291 e. The van der Waals surface area contributed by atoms with Crippen LogP contribution in [0.25, 0.3) is 0 Å². The van der Waals surface area contributed by atoms with Crippen LogP contribution < -0.4 is 5.32 Å². The molecule has 0 radical (unpaired) electrons. The Morgan fingerprint density at radius 3 is 2.59 bits per heavy atom. The predicted octanol–water partition coefficient (Wildman–Crippen LogP) is 1.24. The highest BCUT2D eigenvalue weighted by molar-refractivity contribution is 7.90. The lowest BCUT2D eigenvalue weighted by molar-refractivity contribution is -0.0759. The van der Waals surface area contributed by atoms with Gasteiger partial charge in [0.05, 0.1) is 28.2 Å². The van der Waals surface area contributed by atoms with Crippen LogP contribution in [-0.4, -0.2) is 60.5 Å². The zero-order valence-electron chi connectivity index (χ0n) is 15.1. The van der Waals surface area contributed by atoms with E-state index in [-0.39, 0.29) is 27.0 Å². The van der Waals surface area contributed by atoms with Crippen molar-refractivity contribution >= 4 is 39.2 Å². The number of sulfone groups is 1. The standard InChI is InChI=1S/C15H18ClN5O5S/c1-5-21-15(17-8-18-21)19-13(22)9-6-7-10(27(4,24)25)11(12(9)16)14(23)20(2)26-3/h6-8H,5H2,1-4H3,(H,17,18,19,22). The molecule has 27 heavy (non-hydrogen) atoms. The lowest BCUT2D eigenvalue weighted by atomic mass is 10.1. The van der Waals surface area contributed by atoms with E-state index in [4.69, 9.17) is 16.4 Å². The molecule has 1 heterocycles. The van der Waals surface area contributed by atoms with Crippen molar-refractivity contribution < 1.29 is 22.8 Å². The number of carbonyl (C=O) groups is 2. The summed E-state index contributed by atoms with van der Waals surface area (Å²) in [6, 6.07) is 2.38. The first-order valence-corrected chi connectivity index (χ1v) is 9.92. The number of amides is 2. The third-order valence-electron chi connectivity index (χ3n) is 3.66. The van der Waals surface area contributed by atoms with E-state index in [2.05, 4.69) is 15.4 Å². The molecule has 0 saturated heterocycles. The summed E-state index contributed by atoms with van der Waals surface area (Å²) in [6.07, 6.45) is 2.21. The van der Waals surface area contributed by atoms with Crippen LogP contribution in [0.5, 0.6) is 0 Å². The van der Waals surface area contributed by atoms with E-state index < -0.39 is 21.7 Å². The van der Waals surface area contributed by atoms with Gasteiger partial charge in [-0.25, -0.2) is 18.2 Å². The Labute approximate surface area is 160 Å². The molecular formula is C15H18ClN5O5S. The van der Waals surface area contributed by atoms with Crippen molar-refractivity contribution in [3.63, 3.8) is 0 Å².